The van der Waals surface area contributed by atoms with Gasteiger partial charge in [-0.1, -0.05) is 5.16 Å². The molecule has 0 fully saturated rings. The van der Waals surface area contributed by atoms with Crippen LogP contribution in [0.3, 0.4) is 0 Å². The number of carbonyl (C=O) groups is 2. The molecule has 0 saturated heterocycles. The lowest BCUT2D eigenvalue weighted by atomic mass is 10.2. The lowest BCUT2D eigenvalue weighted by molar-refractivity contribution is 0.0600. The highest BCUT2D eigenvalue weighted by atomic mass is 16.5. The number of amides is 1. The van der Waals surface area contributed by atoms with Crippen LogP contribution < -0.4 is 5.32 Å². The minimum Gasteiger partial charge on any atom is -0.465 e. The molecule has 1 heterocycles. The molecule has 0 radical (unpaired) electrons. The summed E-state index contributed by atoms with van der Waals surface area (Å²) in [6, 6.07) is 6.35. The maximum atomic E-state index is 11.6. The molecule has 2 rings (SSSR count). The highest BCUT2D eigenvalue weighted by Gasteiger charge is 2.09. The minimum atomic E-state index is -0.424. The molecule has 0 bridgehead atoms. The molecule has 1 aromatic heterocycles. The van der Waals surface area contributed by atoms with E-state index in [2.05, 4.69) is 19.7 Å². The van der Waals surface area contributed by atoms with Crippen LogP contribution in [-0.4, -0.2) is 24.1 Å². The normalized spacial score (nSPS) is 9.83. The first-order chi connectivity index (χ1) is 8.70. The Morgan fingerprint density at radius 2 is 1.94 bits per heavy atom. The number of aromatic nitrogens is 1. The Hall–Kier alpha value is -2.63. The summed E-state index contributed by atoms with van der Waals surface area (Å²) in [4.78, 5) is 22.9. The van der Waals surface area contributed by atoms with Gasteiger partial charge in [0.25, 0.3) is 5.91 Å². The third-order valence-electron chi connectivity index (χ3n) is 2.26. The summed E-state index contributed by atoms with van der Waals surface area (Å²) in [6.45, 7) is 0. The second-order valence-electron chi connectivity index (χ2n) is 3.44. The van der Waals surface area contributed by atoms with Gasteiger partial charge in [-0.15, -0.1) is 0 Å². The van der Waals surface area contributed by atoms with Crippen LogP contribution in [0.2, 0.25) is 0 Å². The number of hydrogen-bond donors (Lipinski definition) is 1. The van der Waals surface area contributed by atoms with E-state index >= 15 is 0 Å². The molecule has 18 heavy (non-hydrogen) atoms. The molecule has 6 nitrogen and oxygen atoms in total. The topological polar surface area (TPSA) is 81.4 Å². The van der Waals surface area contributed by atoms with E-state index < -0.39 is 5.97 Å². The third-order valence-corrected chi connectivity index (χ3v) is 2.26. The van der Waals surface area contributed by atoms with Crippen molar-refractivity contribution in [2.75, 3.05) is 12.4 Å². The summed E-state index contributed by atoms with van der Waals surface area (Å²) in [5.41, 5.74) is 1.31. The predicted molar refractivity (Wildman–Crippen MR) is 62.2 cm³/mol. The van der Waals surface area contributed by atoms with E-state index in [9.17, 15) is 9.59 Å². The van der Waals surface area contributed by atoms with Gasteiger partial charge in [0.15, 0.2) is 0 Å². The fourth-order valence-electron chi connectivity index (χ4n) is 1.33. The summed E-state index contributed by atoms with van der Waals surface area (Å²) in [7, 11) is 1.31. The molecule has 1 N–H and O–H groups in total. The summed E-state index contributed by atoms with van der Waals surface area (Å²) < 4.78 is 9.14. The molecule has 0 aliphatic rings. The largest absolute Gasteiger partial charge is 0.465 e. The number of nitrogens with zero attached hydrogens (tertiary/aromatic N) is 1. The van der Waals surface area contributed by atoms with Gasteiger partial charge in [-0.3, -0.25) is 4.79 Å². The Kier molecular flexibility index (Phi) is 3.38. The van der Waals surface area contributed by atoms with E-state index in [0.29, 0.717) is 16.8 Å². The van der Waals surface area contributed by atoms with Crippen molar-refractivity contribution in [1.82, 2.24) is 5.16 Å². The molecule has 2 aromatic rings. The van der Waals surface area contributed by atoms with E-state index in [-0.39, 0.29) is 5.91 Å². The zero-order valence-electron chi connectivity index (χ0n) is 9.54. The van der Waals surface area contributed by atoms with Gasteiger partial charge in [-0.2, -0.15) is 0 Å². The molecule has 0 aliphatic heterocycles. The van der Waals surface area contributed by atoms with Crippen LogP contribution in [0.5, 0.6) is 0 Å². The van der Waals surface area contributed by atoms with Gasteiger partial charge in [-0.05, 0) is 24.3 Å². The maximum absolute atomic E-state index is 11.6. The third kappa shape index (κ3) is 2.54. The molecule has 6 heteroatoms. The van der Waals surface area contributed by atoms with Crippen molar-refractivity contribution < 1.29 is 18.8 Å². The van der Waals surface area contributed by atoms with Gasteiger partial charge in [0.05, 0.1) is 24.4 Å². The second-order valence-corrected chi connectivity index (χ2v) is 3.44. The van der Waals surface area contributed by atoms with Gasteiger partial charge >= 0.3 is 5.97 Å². The average Bonchev–Trinajstić information content (AvgIpc) is 2.92. The minimum absolute atomic E-state index is 0.326. The fraction of sp³-hybridized carbons (Fsp3) is 0.0833. The molecule has 92 valence electrons. The van der Waals surface area contributed by atoms with Gasteiger partial charge in [-0.25, -0.2) is 4.79 Å². The van der Waals surface area contributed by atoms with E-state index in [1.807, 2.05) is 0 Å². The second kappa shape index (κ2) is 5.13. The van der Waals surface area contributed by atoms with Gasteiger partial charge in [0.1, 0.15) is 6.26 Å². The Bertz CT molecular complexity index is 546. The van der Waals surface area contributed by atoms with Crippen LogP contribution >= 0.6 is 0 Å². The molecular weight excluding hydrogens is 236 g/mol. The number of esters is 1. The van der Waals surface area contributed by atoms with Gasteiger partial charge in [0.2, 0.25) is 0 Å². The van der Waals surface area contributed by atoms with Crippen molar-refractivity contribution in [3.05, 3.63) is 47.9 Å². The molecular formula is C12H10N2O4. The Morgan fingerprint density at radius 3 is 2.50 bits per heavy atom. The van der Waals surface area contributed by atoms with Crippen molar-refractivity contribution >= 4 is 17.6 Å². The zero-order chi connectivity index (χ0) is 13.0. The number of benzene rings is 1. The van der Waals surface area contributed by atoms with E-state index in [1.54, 1.807) is 24.3 Å². The number of rotatable bonds is 3. The number of methoxy groups -OCH3 is 1. The number of nitrogens with one attached hydrogen (secondary N) is 1. The molecule has 0 aliphatic carbocycles. The molecule has 0 atom stereocenters. The van der Waals surface area contributed by atoms with Crippen LogP contribution in [0.25, 0.3) is 0 Å². The van der Waals surface area contributed by atoms with Crippen LogP contribution in [0.4, 0.5) is 5.69 Å². The van der Waals surface area contributed by atoms with Gasteiger partial charge in [0, 0.05) is 5.69 Å². The first kappa shape index (κ1) is 11.8. The summed E-state index contributed by atoms with van der Waals surface area (Å²) in [5.74, 6) is -0.756. The molecule has 0 unspecified atom stereocenters. The van der Waals surface area contributed by atoms with Crippen molar-refractivity contribution in [2.45, 2.75) is 0 Å². The Balaban J connectivity index is 2.07. The average molecular weight is 246 g/mol. The predicted octanol–water partition coefficient (Wildman–Crippen LogP) is 1.71. The Morgan fingerprint density at radius 1 is 1.22 bits per heavy atom. The van der Waals surface area contributed by atoms with Crippen molar-refractivity contribution in [3.8, 4) is 0 Å². The van der Waals surface area contributed by atoms with E-state index in [0.717, 1.165) is 0 Å². The summed E-state index contributed by atoms with van der Waals surface area (Å²) >= 11 is 0. The van der Waals surface area contributed by atoms with Crippen molar-refractivity contribution in [1.29, 1.82) is 0 Å². The number of carbonyl (C=O) groups excluding carboxylic acids is 2. The van der Waals surface area contributed by atoms with E-state index in [1.165, 1.54) is 19.6 Å². The van der Waals surface area contributed by atoms with Gasteiger partial charge < -0.3 is 14.6 Å². The number of hydrogen-bond acceptors (Lipinski definition) is 5. The monoisotopic (exact) mass is 246 g/mol. The highest BCUT2D eigenvalue weighted by Crippen LogP contribution is 2.11. The lowest BCUT2D eigenvalue weighted by Gasteiger charge is -2.04. The lowest BCUT2D eigenvalue weighted by Crippen LogP contribution is -2.11. The van der Waals surface area contributed by atoms with Crippen LogP contribution in [0.15, 0.2) is 41.2 Å². The van der Waals surface area contributed by atoms with Crippen LogP contribution in [-0.2, 0) is 4.74 Å². The first-order valence-electron chi connectivity index (χ1n) is 5.10. The molecule has 0 saturated carbocycles. The molecule has 1 amide bonds. The standard InChI is InChI=1S/C12H10N2O4/c1-17-12(16)8-2-4-10(5-3-8)14-11(15)9-6-13-18-7-9/h2-7H,1H3,(H,14,15). The maximum Gasteiger partial charge on any atom is 0.337 e. The quantitative estimate of drug-likeness (QED) is 0.834. The zero-order valence-corrected chi connectivity index (χ0v) is 9.54. The van der Waals surface area contributed by atoms with Crippen molar-refractivity contribution in [3.63, 3.8) is 0 Å². The van der Waals surface area contributed by atoms with Crippen molar-refractivity contribution in [2.24, 2.45) is 0 Å². The fourth-order valence-corrected chi connectivity index (χ4v) is 1.33. The molecule has 0 spiro atoms. The number of anilines is 1. The van der Waals surface area contributed by atoms with Crippen LogP contribution in [0.1, 0.15) is 20.7 Å². The number of ether oxygens (including phenoxy) is 1. The summed E-state index contributed by atoms with van der Waals surface area (Å²) in [5, 5.41) is 6.07. The van der Waals surface area contributed by atoms with E-state index in [4.69, 9.17) is 0 Å². The smallest absolute Gasteiger partial charge is 0.337 e. The molecule has 1 aromatic carbocycles. The SMILES string of the molecule is COC(=O)c1ccc(NC(=O)c2cnoc2)cc1. The van der Waals surface area contributed by atoms with Crippen LogP contribution in [0, 0.1) is 0 Å². The Labute approximate surface area is 103 Å². The summed E-state index contributed by atoms with van der Waals surface area (Å²) in [6.07, 6.45) is 2.57. The highest BCUT2D eigenvalue weighted by molar-refractivity contribution is 6.04. The first-order valence-corrected chi connectivity index (χ1v) is 5.10.